The highest BCUT2D eigenvalue weighted by Gasteiger charge is 2.16. The average molecular weight is 391 g/mol. The van der Waals surface area contributed by atoms with Gasteiger partial charge in [0.05, 0.1) is 19.9 Å². The van der Waals surface area contributed by atoms with Gasteiger partial charge >= 0.3 is 0 Å². The van der Waals surface area contributed by atoms with E-state index < -0.39 is 15.9 Å². The zero-order chi connectivity index (χ0) is 20.0. The van der Waals surface area contributed by atoms with Gasteiger partial charge in [0.15, 0.2) is 0 Å². The summed E-state index contributed by atoms with van der Waals surface area (Å²) in [6, 6.07) is 12.9. The lowest BCUT2D eigenvalue weighted by Gasteiger charge is -2.17. The molecule has 2 aromatic rings. The number of nitrogens with one attached hydrogen (secondary N) is 2. The summed E-state index contributed by atoms with van der Waals surface area (Å²) in [5.41, 5.74) is 1.13. The van der Waals surface area contributed by atoms with E-state index in [0.717, 1.165) is 6.26 Å². The SMILES string of the molecule is COc1ccc(NC(=O)CN(C)C(=O)c2cccc(NS(C)(=O)=O)c2)cc1. The summed E-state index contributed by atoms with van der Waals surface area (Å²) in [7, 11) is -0.404. The van der Waals surface area contributed by atoms with Gasteiger partial charge in [0.1, 0.15) is 5.75 Å². The van der Waals surface area contributed by atoms with Crippen LogP contribution in [0.15, 0.2) is 48.5 Å². The predicted molar refractivity (Wildman–Crippen MR) is 103 cm³/mol. The summed E-state index contributed by atoms with van der Waals surface area (Å²) in [5.74, 6) is -0.0960. The van der Waals surface area contributed by atoms with Gasteiger partial charge in [-0.15, -0.1) is 0 Å². The largest absolute Gasteiger partial charge is 0.497 e. The van der Waals surface area contributed by atoms with Crippen molar-refractivity contribution in [1.29, 1.82) is 0 Å². The highest BCUT2D eigenvalue weighted by atomic mass is 32.2. The first-order chi connectivity index (χ1) is 12.7. The van der Waals surface area contributed by atoms with Crippen molar-refractivity contribution in [2.45, 2.75) is 0 Å². The molecule has 27 heavy (non-hydrogen) atoms. The number of nitrogens with zero attached hydrogens (tertiary/aromatic N) is 1. The van der Waals surface area contributed by atoms with Crippen molar-refractivity contribution < 1.29 is 22.7 Å². The maximum absolute atomic E-state index is 12.5. The maximum Gasteiger partial charge on any atom is 0.254 e. The summed E-state index contributed by atoms with van der Waals surface area (Å²) >= 11 is 0. The quantitative estimate of drug-likeness (QED) is 0.749. The van der Waals surface area contributed by atoms with E-state index in [0.29, 0.717) is 11.4 Å². The van der Waals surface area contributed by atoms with E-state index in [9.17, 15) is 18.0 Å². The van der Waals surface area contributed by atoms with Crippen LogP contribution >= 0.6 is 0 Å². The molecule has 0 heterocycles. The number of hydrogen-bond acceptors (Lipinski definition) is 5. The second-order valence-electron chi connectivity index (χ2n) is 5.89. The molecule has 2 N–H and O–H groups in total. The molecule has 0 fully saturated rings. The lowest BCUT2D eigenvalue weighted by molar-refractivity contribution is -0.116. The molecule has 0 unspecified atom stereocenters. The van der Waals surface area contributed by atoms with Crippen LogP contribution in [0.1, 0.15) is 10.4 Å². The Morgan fingerprint density at radius 3 is 2.33 bits per heavy atom. The Balaban J connectivity index is 2.00. The number of sulfonamides is 1. The number of anilines is 2. The smallest absolute Gasteiger partial charge is 0.254 e. The van der Waals surface area contributed by atoms with Crippen LogP contribution in [0.25, 0.3) is 0 Å². The van der Waals surface area contributed by atoms with Gasteiger partial charge in [0.2, 0.25) is 15.9 Å². The fourth-order valence-corrected chi connectivity index (χ4v) is 2.87. The van der Waals surface area contributed by atoms with Crippen LogP contribution in [0.3, 0.4) is 0 Å². The second-order valence-corrected chi connectivity index (χ2v) is 7.64. The lowest BCUT2D eigenvalue weighted by atomic mass is 10.2. The zero-order valence-electron chi connectivity index (χ0n) is 15.2. The summed E-state index contributed by atoms with van der Waals surface area (Å²) in [4.78, 5) is 25.9. The van der Waals surface area contributed by atoms with E-state index in [1.54, 1.807) is 43.5 Å². The predicted octanol–water partition coefficient (Wildman–Crippen LogP) is 1.78. The molecule has 2 rings (SSSR count). The van der Waals surface area contributed by atoms with E-state index in [-0.39, 0.29) is 23.7 Å². The molecule has 9 heteroatoms. The Labute approximate surface area is 158 Å². The molecule has 0 radical (unpaired) electrons. The van der Waals surface area contributed by atoms with Gasteiger partial charge in [-0.05, 0) is 42.5 Å². The van der Waals surface area contributed by atoms with Gasteiger partial charge in [-0.1, -0.05) is 6.07 Å². The fourth-order valence-electron chi connectivity index (χ4n) is 2.31. The van der Waals surface area contributed by atoms with Gasteiger partial charge in [0.25, 0.3) is 5.91 Å². The number of carbonyl (C=O) groups is 2. The standard InChI is InChI=1S/C18H21N3O5S/c1-21(12-17(22)19-14-7-9-16(26-2)10-8-14)18(23)13-5-4-6-15(11-13)20-27(3,24)25/h4-11,20H,12H2,1-3H3,(H,19,22). The highest BCUT2D eigenvalue weighted by molar-refractivity contribution is 7.92. The van der Waals surface area contributed by atoms with Crippen molar-refractivity contribution >= 4 is 33.2 Å². The topological polar surface area (TPSA) is 105 Å². The van der Waals surface area contributed by atoms with E-state index >= 15 is 0 Å². The Bertz CT molecular complexity index is 926. The molecule has 0 aliphatic rings. The van der Waals surface area contributed by atoms with Crippen molar-refractivity contribution in [2.24, 2.45) is 0 Å². The van der Waals surface area contributed by atoms with E-state index in [1.807, 2.05) is 0 Å². The molecule has 2 amide bonds. The van der Waals surface area contributed by atoms with Crippen LogP contribution in [0.2, 0.25) is 0 Å². The molecule has 0 aliphatic carbocycles. The number of methoxy groups -OCH3 is 1. The number of likely N-dealkylation sites (N-methyl/N-ethyl adjacent to an activating group) is 1. The Morgan fingerprint density at radius 1 is 1.07 bits per heavy atom. The molecule has 0 saturated carbocycles. The monoisotopic (exact) mass is 391 g/mol. The van der Waals surface area contributed by atoms with Gasteiger partial charge in [-0.25, -0.2) is 8.42 Å². The molecule has 0 aliphatic heterocycles. The first-order valence-corrected chi connectivity index (χ1v) is 9.84. The molecular weight excluding hydrogens is 370 g/mol. The molecule has 144 valence electrons. The van der Waals surface area contributed by atoms with Gasteiger partial charge in [0, 0.05) is 24.0 Å². The molecular formula is C18H21N3O5S. The minimum absolute atomic E-state index is 0.158. The van der Waals surface area contributed by atoms with Crippen molar-refractivity contribution in [3.05, 3.63) is 54.1 Å². The molecule has 0 aromatic heterocycles. The van der Waals surface area contributed by atoms with Crippen LogP contribution in [-0.4, -0.2) is 52.1 Å². The Kier molecular flexibility index (Phi) is 6.40. The molecule has 2 aromatic carbocycles. The van der Waals surface area contributed by atoms with Crippen molar-refractivity contribution in [3.63, 3.8) is 0 Å². The lowest BCUT2D eigenvalue weighted by Crippen LogP contribution is -2.35. The minimum Gasteiger partial charge on any atom is -0.497 e. The first kappa shape index (κ1) is 20.2. The van der Waals surface area contributed by atoms with E-state index in [2.05, 4.69) is 10.0 Å². The second kappa shape index (κ2) is 8.54. The van der Waals surface area contributed by atoms with Crippen LogP contribution < -0.4 is 14.8 Å². The number of rotatable bonds is 7. The molecule has 0 spiro atoms. The Hall–Kier alpha value is -3.07. The fraction of sp³-hybridized carbons (Fsp3) is 0.222. The van der Waals surface area contributed by atoms with Crippen LogP contribution in [0.4, 0.5) is 11.4 Å². The zero-order valence-corrected chi connectivity index (χ0v) is 16.0. The highest BCUT2D eigenvalue weighted by Crippen LogP contribution is 2.16. The third-order valence-corrected chi connectivity index (χ3v) is 4.12. The van der Waals surface area contributed by atoms with Crippen molar-refractivity contribution in [3.8, 4) is 5.75 Å². The summed E-state index contributed by atoms with van der Waals surface area (Å²) in [5, 5.41) is 2.69. The van der Waals surface area contributed by atoms with Crippen molar-refractivity contribution in [2.75, 3.05) is 37.0 Å². The average Bonchev–Trinajstić information content (AvgIpc) is 2.60. The number of amides is 2. The number of hydrogen-bond donors (Lipinski definition) is 2. The molecule has 0 bridgehead atoms. The van der Waals surface area contributed by atoms with Crippen molar-refractivity contribution in [1.82, 2.24) is 4.90 Å². The normalized spacial score (nSPS) is 10.8. The third kappa shape index (κ3) is 6.30. The number of benzene rings is 2. The van der Waals surface area contributed by atoms with E-state index in [4.69, 9.17) is 4.74 Å². The van der Waals surface area contributed by atoms with Gasteiger partial charge in [-0.2, -0.15) is 0 Å². The van der Waals surface area contributed by atoms with Gasteiger partial charge < -0.3 is 15.0 Å². The van der Waals surface area contributed by atoms with E-state index in [1.165, 1.54) is 24.1 Å². The number of ether oxygens (including phenoxy) is 1. The van der Waals surface area contributed by atoms with Crippen LogP contribution in [0, 0.1) is 0 Å². The molecule has 0 saturated heterocycles. The van der Waals surface area contributed by atoms with Crippen LogP contribution in [-0.2, 0) is 14.8 Å². The Morgan fingerprint density at radius 2 is 1.74 bits per heavy atom. The minimum atomic E-state index is -3.45. The molecule has 0 atom stereocenters. The summed E-state index contributed by atoms with van der Waals surface area (Å²) < 4.78 is 30.0. The third-order valence-electron chi connectivity index (χ3n) is 3.51. The van der Waals surface area contributed by atoms with Crippen LogP contribution in [0.5, 0.6) is 5.75 Å². The molecule has 8 nitrogen and oxygen atoms in total. The van der Waals surface area contributed by atoms with Gasteiger partial charge in [-0.3, -0.25) is 14.3 Å². The summed E-state index contributed by atoms with van der Waals surface area (Å²) in [6.45, 7) is -0.158. The summed E-state index contributed by atoms with van der Waals surface area (Å²) in [6.07, 6.45) is 1.02. The number of carbonyl (C=O) groups excluding carboxylic acids is 2. The first-order valence-electron chi connectivity index (χ1n) is 7.95. The maximum atomic E-state index is 12.5.